The molecular formula is C18H26FN3O3. The van der Waals surface area contributed by atoms with Gasteiger partial charge >= 0.3 is 6.03 Å². The lowest BCUT2D eigenvalue weighted by Gasteiger charge is -2.35. The number of halogens is 1. The molecule has 0 aliphatic carbocycles. The van der Waals surface area contributed by atoms with Crippen LogP contribution in [-0.2, 0) is 4.79 Å². The first-order chi connectivity index (χ1) is 11.7. The van der Waals surface area contributed by atoms with Gasteiger partial charge in [0.15, 0.2) is 6.61 Å². The van der Waals surface area contributed by atoms with Crippen molar-refractivity contribution in [1.29, 1.82) is 0 Å². The van der Waals surface area contributed by atoms with Crippen LogP contribution in [0.3, 0.4) is 0 Å². The Hall–Kier alpha value is -2.31. The Kier molecular flexibility index (Phi) is 6.22. The van der Waals surface area contributed by atoms with Gasteiger partial charge in [-0.2, -0.15) is 0 Å². The third-order valence-electron chi connectivity index (χ3n) is 3.85. The minimum absolute atomic E-state index is 0.0295. The highest BCUT2D eigenvalue weighted by molar-refractivity contribution is 5.79. The van der Waals surface area contributed by atoms with E-state index in [-0.39, 0.29) is 24.0 Å². The van der Waals surface area contributed by atoms with Crippen molar-refractivity contribution in [2.75, 3.05) is 39.3 Å². The number of piperazine rings is 1. The fraction of sp³-hybridized carbons (Fsp3) is 0.556. The van der Waals surface area contributed by atoms with Gasteiger partial charge in [-0.15, -0.1) is 0 Å². The fourth-order valence-corrected chi connectivity index (χ4v) is 2.40. The Morgan fingerprint density at radius 3 is 2.40 bits per heavy atom. The number of amides is 3. The second-order valence-corrected chi connectivity index (χ2v) is 7.33. The van der Waals surface area contributed by atoms with E-state index in [1.807, 2.05) is 0 Å². The number of rotatable bonds is 4. The van der Waals surface area contributed by atoms with E-state index in [0.717, 1.165) is 0 Å². The molecule has 1 aliphatic heterocycles. The van der Waals surface area contributed by atoms with E-state index in [1.54, 1.807) is 15.9 Å². The maximum absolute atomic E-state index is 13.1. The summed E-state index contributed by atoms with van der Waals surface area (Å²) in [6.07, 6.45) is 0. The van der Waals surface area contributed by atoms with Crippen molar-refractivity contribution in [3.05, 3.63) is 30.1 Å². The smallest absolute Gasteiger partial charge is 0.317 e. The molecule has 2 rings (SSSR count). The summed E-state index contributed by atoms with van der Waals surface area (Å²) < 4.78 is 18.4. The molecule has 6 nitrogen and oxygen atoms in total. The van der Waals surface area contributed by atoms with Crippen LogP contribution < -0.4 is 10.1 Å². The molecule has 0 unspecified atom stereocenters. The lowest BCUT2D eigenvalue weighted by molar-refractivity contribution is -0.134. The minimum Gasteiger partial charge on any atom is -0.484 e. The molecule has 0 atom stereocenters. The normalized spacial score (nSPS) is 15.0. The fourth-order valence-electron chi connectivity index (χ4n) is 2.40. The third-order valence-corrected chi connectivity index (χ3v) is 3.85. The van der Waals surface area contributed by atoms with E-state index in [1.165, 1.54) is 18.2 Å². The molecule has 3 amide bonds. The van der Waals surface area contributed by atoms with Crippen molar-refractivity contribution < 1.29 is 18.7 Å². The molecule has 1 fully saturated rings. The minimum atomic E-state index is -0.403. The van der Waals surface area contributed by atoms with Gasteiger partial charge in [0.05, 0.1) is 0 Å². The average molecular weight is 351 g/mol. The molecule has 0 saturated carbocycles. The number of urea groups is 1. The second-order valence-electron chi connectivity index (χ2n) is 7.33. The Morgan fingerprint density at radius 1 is 1.16 bits per heavy atom. The van der Waals surface area contributed by atoms with Gasteiger partial charge in [0, 0.05) is 38.8 Å². The van der Waals surface area contributed by atoms with E-state index in [9.17, 15) is 14.0 Å². The summed E-state index contributed by atoms with van der Waals surface area (Å²) >= 11 is 0. The molecule has 1 aliphatic rings. The van der Waals surface area contributed by atoms with Gasteiger partial charge in [-0.3, -0.25) is 4.79 Å². The van der Waals surface area contributed by atoms with E-state index >= 15 is 0 Å². The van der Waals surface area contributed by atoms with Crippen LogP contribution in [0.4, 0.5) is 9.18 Å². The maximum Gasteiger partial charge on any atom is 0.317 e. The van der Waals surface area contributed by atoms with Gasteiger partial charge in [-0.25, -0.2) is 9.18 Å². The largest absolute Gasteiger partial charge is 0.484 e. The van der Waals surface area contributed by atoms with E-state index in [0.29, 0.717) is 38.5 Å². The third kappa shape index (κ3) is 6.25. The summed E-state index contributed by atoms with van der Waals surface area (Å²) in [4.78, 5) is 27.7. The van der Waals surface area contributed by atoms with Crippen LogP contribution in [-0.4, -0.2) is 61.1 Å². The van der Waals surface area contributed by atoms with E-state index in [4.69, 9.17) is 4.74 Å². The molecule has 1 heterocycles. The Labute approximate surface area is 147 Å². The van der Waals surface area contributed by atoms with E-state index < -0.39 is 5.82 Å². The highest BCUT2D eigenvalue weighted by atomic mass is 19.1. The first-order valence-electron chi connectivity index (χ1n) is 8.43. The number of carbonyl (C=O) groups excluding carboxylic acids is 2. The monoisotopic (exact) mass is 351 g/mol. The zero-order chi connectivity index (χ0) is 18.4. The van der Waals surface area contributed by atoms with Crippen LogP contribution in [0.1, 0.15) is 20.8 Å². The number of hydrogen-bond donors (Lipinski definition) is 1. The topological polar surface area (TPSA) is 61.9 Å². The number of nitrogens with zero attached hydrogens (tertiary/aromatic N) is 2. The lowest BCUT2D eigenvalue weighted by Crippen LogP contribution is -2.54. The standard InChI is InChI=1S/C18H26FN3O3/c1-18(2,3)13-20-17(24)22-9-7-21(8-10-22)16(23)12-25-15-6-4-5-14(19)11-15/h4-6,11H,7-10,12-13H2,1-3H3,(H,20,24). The van der Waals surface area contributed by atoms with Crippen molar-refractivity contribution >= 4 is 11.9 Å². The summed E-state index contributed by atoms with van der Waals surface area (Å²) in [5, 5.41) is 2.91. The highest BCUT2D eigenvalue weighted by Gasteiger charge is 2.25. The van der Waals surface area contributed by atoms with Gasteiger partial charge in [0.2, 0.25) is 0 Å². The van der Waals surface area contributed by atoms with Gasteiger partial charge in [-0.05, 0) is 17.5 Å². The van der Waals surface area contributed by atoms with Crippen LogP contribution in [0.5, 0.6) is 5.75 Å². The number of nitrogens with one attached hydrogen (secondary N) is 1. The molecule has 0 spiro atoms. The Bertz CT molecular complexity index is 608. The van der Waals surface area contributed by atoms with Crippen LogP contribution >= 0.6 is 0 Å². The summed E-state index contributed by atoms with van der Waals surface area (Å²) in [5.74, 6) is -0.243. The van der Waals surface area contributed by atoms with Crippen LogP contribution in [0, 0.1) is 11.2 Å². The molecule has 0 bridgehead atoms. The average Bonchev–Trinajstić information content (AvgIpc) is 2.57. The quantitative estimate of drug-likeness (QED) is 0.904. The second kappa shape index (κ2) is 8.18. The van der Waals surface area contributed by atoms with Crippen molar-refractivity contribution in [1.82, 2.24) is 15.1 Å². The summed E-state index contributed by atoms with van der Waals surface area (Å²) in [6, 6.07) is 5.60. The molecule has 0 radical (unpaired) electrons. The summed E-state index contributed by atoms with van der Waals surface area (Å²) in [5.41, 5.74) is 0.0295. The number of benzene rings is 1. The first-order valence-corrected chi connectivity index (χ1v) is 8.43. The zero-order valence-corrected chi connectivity index (χ0v) is 15.0. The highest BCUT2D eigenvalue weighted by Crippen LogP contribution is 2.13. The molecule has 138 valence electrons. The van der Waals surface area contributed by atoms with Crippen LogP contribution in [0.15, 0.2) is 24.3 Å². The molecule has 1 saturated heterocycles. The molecular weight excluding hydrogens is 325 g/mol. The summed E-state index contributed by atoms with van der Waals surface area (Å²) in [7, 11) is 0. The van der Waals surface area contributed by atoms with Crippen molar-refractivity contribution in [2.24, 2.45) is 5.41 Å². The van der Waals surface area contributed by atoms with Gasteiger partial charge in [-0.1, -0.05) is 26.8 Å². The Balaban J connectivity index is 1.73. The number of hydrogen-bond acceptors (Lipinski definition) is 3. The van der Waals surface area contributed by atoms with Crippen molar-refractivity contribution in [2.45, 2.75) is 20.8 Å². The van der Waals surface area contributed by atoms with Gasteiger partial charge < -0.3 is 19.9 Å². The van der Waals surface area contributed by atoms with Crippen LogP contribution in [0.2, 0.25) is 0 Å². The Morgan fingerprint density at radius 2 is 1.80 bits per heavy atom. The predicted octanol–water partition coefficient (Wildman–Crippen LogP) is 2.10. The van der Waals surface area contributed by atoms with Gasteiger partial charge in [0.25, 0.3) is 5.91 Å². The zero-order valence-electron chi connectivity index (χ0n) is 15.0. The number of ether oxygens (including phenoxy) is 1. The van der Waals surface area contributed by atoms with Crippen LogP contribution in [0.25, 0.3) is 0 Å². The molecule has 1 aromatic rings. The lowest BCUT2D eigenvalue weighted by atomic mass is 9.97. The maximum atomic E-state index is 13.1. The van der Waals surface area contributed by atoms with E-state index in [2.05, 4.69) is 26.1 Å². The molecule has 1 N–H and O–H groups in total. The van der Waals surface area contributed by atoms with Crippen molar-refractivity contribution in [3.8, 4) is 5.75 Å². The van der Waals surface area contributed by atoms with Gasteiger partial charge in [0.1, 0.15) is 11.6 Å². The first kappa shape index (κ1) is 19.0. The molecule has 25 heavy (non-hydrogen) atoms. The summed E-state index contributed by atoms with van der Waals surface area (Å²) in [6.45, 7) is 8.55. The number of carbonyl (C=O) groups is 2. The molecule has 7 heteroatoms. The van der Waals surface area contributed by atoms with Crippen molar-refractivity contribution in [3.63, 3.8) is 0 Å². The molecule has 0 aromatic heterocycles. The molecule has 1 aromatic carbocycles. The SMILES string of the molecule is CC(C)(C)CNC(=O)N1CCN(C(=O)COc2cccc(F)c2)CC1. The predicted molar refractivity (Wildman–Crippen MR) is 92.9 cm³/mol.